The molecular weight excluding hydrogens is 276 g/mol. The molecule has 0 bridgehead atoms. The van der Waals surface area contributed by atoms with E-state index in [0.29, 0.717) is 10.7 Å². The van der Waals surface area contributed by atoms with Crippen LogP contribution in [0.4, 0.5) is 0 Å². The van der Waals surface area contributed by atoms with Gasteiger partial charge in [0.15, 0.2) is 0 Å². The smallest absolute Gasteiger partial charge is 0.376 e. The predicted octanol–water partition coefficient (Wildman–Crippen LogP) is 2.22. The molecule has 2 rings (SSSR count). The molecule has 0 atom stereocenters. The molecule has 0 unspecified atom stereocenters. The second-order valence-corrected chi connectivity index (χ2v) is 5.16. The van der Waals surface area contributed by atoms with Crippen molar-refractivity contribution in [2.24, 2.45) is 0 Å². The Labute approximate surface area is 121 Å². The number of benzene rings is 1. The van der Waals surface area contributed by atoms with Crippen LogP contribution in [0.15, 0.2) is 40.3 Å². The Hall–Kier alpha value is -1.92. The Morgan fingerprint density at radius 1 is 1.30 bits per heavy atom. The van der Waals surface area contributed by atoms with Crippen LogP contribution < -0.4 is 0 Å². The van der Waals surface area contributed by atoms with Crippen LogP contribution in [0.5, 0.6) is 0 Å². The first kappa shape index (κ1) is 14.5. The van der Waals surface area contributed by atoms with E-state index in [0.717, 1.165) is 10.5 Å². The van der Waals surface area contributed by atoms with E-state index in [1.54, 1.807) is 13.0 Å². The van der Waals surface area contributed by atoms with Crippen molar-refractivity contribution in [1.29, 1.82) is 0 Å². The molecule has 104 valence electrons. The van der Waals surface area contributed by atoms with E-state index in [9.17, 15) is 4.79 Å². The molecule has 0 aliphatic carbocycles. The van der Waals surface area contributed by atoms with Crippen molar-refractivity contribution in [3.05, 3.63) is 47.4 Å². The number of carbonyl (C=O) groups is 1. The average Bonchev–Trinajstić information content (AvgIpc) is 2.46. The summed E-state index contributed by atoms with van der Waals surface area (Å²) in [6, 6.07) is 9.28. The molecule has 0 radical (unpaired) electrons. The molecule has 0 spiro atoms. The van der Waals surface area contributed by atoms with Crippen LogP contribution in [-0.4, -0.2) is 28.2 Å². The summed E-state index contributed by atoms with van der Waals surface area (Å²) in [5.41, 5.74) is 1.55. The topological polar surface area (TPSA) is 72.3 Å². The molecule has 6 heteroatoms. The van der Waals surface area contributed by atoms with Gasteiger partial charge in [0.2, 0.25) is 5.82 Å². The lowest BCUT2D eigenvalue weighted by Crippen LogP contribution is -2.08. The average molecular weight is 290 g/mol. The van der Waals surface area contributed by atoms with Crippen molar-refractivity contribution in [2.75, 3.05) is 7.11 Å². The van der Waals surface area contributed by atoms with E-state index in [4.69, 9.17) is 5.11 Å². The third kappa shape index (κ3) is 3.55. The van der Waals surface area contributed by atoms with Crippen LogP contribution in [0.1, 0.15) is 21.9 Å². The van der Waals surface area contributed by atoms with Crippen molar-refractivity contribution in [3.8, 4) is 0 Å². The quantitative estimate of drug-likeness (QED) is 0.687. The fourth-order valence-corrected chi connectivity index (χ4v) is 2.43. The summed E-state index contributed by atoms with van der Waals surface area (Å²) in [6.07, 6.45) is 0. The van der Waals surface area contributed by atoms with Crippen LogP contribution in [0, 0.1) is 6.92 Å². The van der Waals surface area contributed by atoms with Crippen molar-refractivity contribution < 1.29 is 14.6 Å². The number of aromatic nitrogens is 2. The van der Waals surface area contributed by atoms with Gasteiger partial charge in [-0.15, -0.1) is 0 Å². The van der Waals surface area contributed by atoms with Gasteiger partial charge in [0, 0.05) is 10.6 Å². The number of carbonyl (C=O) groups excluding carboxylic acids is 1. The van der Waals surface area contributed by atoms with Crippen LogP contribution in [0.25, 0.3) is 0 Å². The first-order chi connectivity index (χ1) is 9.62. The number of aliphatic hydroxyl groups excluding tert-OH is 1. The van der Waals surface area contributed by atoms with Gasteiger partial charge in [-0.1, -0.05) is 23.9 Å². The van der Waals surface area contributed by atoms with Gasteiger partial charge in [-0.2, -0.15) is 0 Å². The van der Waals surface area contributed by atoms with Gasteiger partial charge in [-0.05, 0) is 30.7 Å². The largest absolute Gasteiger partial charge is 0.463 e. The van der Waals surface area contributed by atoms with E-state index in [1.807, 2.05) is 24.3 Å². The van der Waals surface area contributed by atoms with Gasteiger partial charge in [0.1, 0.15) is 5.03 Å². The van der Waals surface area contributed by atoms with Crippen LogP contribution in [-0.2, 0) is 11.3 Å². The van der Waals surface area contributed by atoms with Gasteiger partial charge in [-0.3, -0.25) is 0 Å². The van der Waals surface area contributed by atoms with Crippen LogP contribution >= 0.6 is 11.8 Å². The maximum absolute atomic E-state index is 11.5. The number of ether oxygens (including phenoxy) is 1. The van der Waals surface area contributed by atoms with Crippen LogP contribution in [0.3, 0.4) is 0 Å². The van der Waals surface area contributed by atoms with Crippen molar-refractivity contribution in [2.45, 2.75) is 23.5 Å². The zero-order valence-electron chi connectivity index (χ0n) is 11.2. The number of nitrogens with zero attached hydrogens (tertiary/aromatic N) is 2. The van der Waals surface area contributed by atoms with E-state index >= 15 is 0 Å². The highest BCUT2D eigenvalue weighted by Crippen LogP contribution is 2.26. The maximum atomic E-state index is 11.5. The summed E-state index contributed by atoms with van der Waals surface area (Å²) in [4.78, 5) is 20.6. The molecule has 1 heterocycles. The number of aryl methyl sites for hydroxylation is 1. The number of methoxy groups -OCH3 is 1. The molecule has 0 fully saturated rings. The van der Waals surface area contributed by atoms with Gasteiger partial charge in [0.25, 0.3) is 0 Å². The van der Waals surface area contributed by atoms with Crippen LogP contribution in [0.2, 0.25) is 0 Å². The number of hydrogen-bond donors (Lipinski definition) is 1. The Balaban J connectivity index is 2.23. The highest BCUT2D eigenvalue weighted by Gasteiger charge is 2.12. The molecule has 1 aromatic carbocycles. The van der Waals surface area contributed by atoms with Gasteiger partial charge in [0.05, 0.1) is 13.7 Å². The fraction of sp³-hybridized carbons (Fsp3) is 0.214. The first-order valence-electron chi connectivity index (χ1n) is 5.94. The zero-order chi connectivity index (χ0) is 14.5. The molecule has 0 aliphatic rings. The molecule has 5 nitrogen and oxygen atoms in total. The predicted molar refractivity (Wildman–Crippen MR) is 74.6 cm³/mol. The molecule has 0 saturated heterocycles. The lowest BCUT2D eigenvalue weighted by molar-refractivity contribution is 0.0585. The lowest BCUT2D eigenvalue weighted by atomic mass is 10.2. The number of esters is 1. The van der Waals surface area contributed by atoms with Crippen molar-refractivity contribution in [3.63, 3.8) is 0 Å². The third-order valence-electron chi connectivity index (χ3n) is 2.53. The monoisotopic (exact) mass is 290 g/mol. The van der Waals surface area contributed by atoms with Crippen molar-refractivity contribution >= 4 is 17.7 Å². The summed E-state index contributed by atoms with van der Waals surface area (Å²) in [7, 11) is 1.30. The minimum Gasteiger partial charge on any atom is -0.463 e. The Morgan fingerprint density at radius 2 is 2.00 bits per heavy atom. The molecule has 2 aromatic rings. The van der Waals surface area contributed by atoms with Gasteiger partial charge in [-0.25, -0.2) is 14.8 Å². The molecule has 0 aliphatic heterocycles. The minimum absolute atomic E-state index is 0.0179. The number of aliphatic hydroxyl groups is 1. The number of hydrogen-bond acceptors (Lipinski definition) is 6. The van der Waals surface area contributed by atoms with Crippen molar-refractivity contribution in [1.82, 2.24) is 9.97 Å². The highest BCUT2D eigenvalue weighted by atomic mass is 32.2. The Bertz CT molecular complexity index is 614. The van der Waals surface area contributed by atoms with E-state index < -0.39 is 5.97 Å². The van der Waals surface area contributed by atoms with E-state index in [1.165, 1.54) is 18.9 Å². The maximum Gasteiger partial charge on any atom is 0.376 e. The molecule has 0 saturated carbocycles. The second kappa shape index (κ2) is 6.49. The molecule has 0 amide bonds. The Kier molecular flexibility index (Phi) is 4.70. The molecular formula is C14H14N2O3S. The summed E-state index contributed by atoms with van der Waals surface area (Å²) < 4.78 is 4.63. The van der Waals surface area contributed by atoms with E-state index in [-0.39, 0.29) is 12.4 Å². The lowest BCUT2D eigenvalue weighted by Gasteiger charge is -2.05. The number of rotatable bonds is 4. The summed E-state index contributed by atoms with van der Waals surface area (Å²) in [5.74, 6) is -0.492. The molecule has 1 N–H and O–H groups in total. The fourth-order valence-electron chi connectivity index (χ4n) is 1.56. The third-order valence-corrected chi connectivity index (χ3v) is 3.45. The van der Waals surface area contributed by atoms with E-state index in [2.05, 4.69) is 14.7 Å². The molecule has 1 aromatic heterocycles. The highest BCUT2D eigenvalue weighted by molar-refractivity contribution is 7.99. The van der Waals surface area contributed by atoms with Gasteiger partial charge < -0.3 is 9.84 Å². The zero-order valence-corrected chi connectivity index (χ0v) is 12.0. The first-order valence-corrected chi connectivity index (χ1v) is 6.75. The Morgan fingerprint density at radius 3 is 2.60 bits per heavy atom. The van der Waals surface area contributed by atoms with Gasteiger partial charge >= 0.3 is 5.97 Å². The molecule has 20 heavy (non-hydrogen) atoms. The second-order valence-electron chi connectivity index (χ2n) is 4.07. The normalized spacial score (nSPS) is 10.3. The standard InChI is InChI=1S/C14H14N2O3S/c1-9-7-12(16-13(15-9)14(18)19-2)20-11-5-3-10(8-17)4-6-11/h3-7,17H,8H2,1-2H3. The summed E-state index contributed by atoms with van der Waals surface area (Å²) >= 11 is 1.42. The summed E-state index contributed by atoms with van der Waals surface area (Å²) in [5, 5.41) is 9.68. The minimum atomic E-state index is -0.550. The SMILES string of the molecule is COC(=O)c1nc(C)cc(Sc2ccc(CO)cc2)n1. The summed E-state index contributed by atoms with van der Waals surface area (Å²) in [6.45, 7) is 1.82.